The number of morpholine rings is 1. The van der Waals surface area contributed by atoms with Crippen LogP contribution in [0.1, 0.15) is 27.8 Å². The van der Waals surface area contributed by atoms with Crippen molar-refractivity contribution in [1.29, 1.82) is 5.26 Å². The van der Waals surface area contributed by atoms with Crippen LogP contribution in [0.25, 0.3) is 23.3 Å². The second kappa shape index (κ2) is 11.6. The van der Waals surface area contributed by atoms with Gasteiger partial charge in [0.2, 0.25) is 0 Å². The third-order valence-electron chi connectivity index (χ3n) is 6.03. The molecular weight excluding hydrogens is 424 g/mol. The third kappa shape index (κ3) is 5.73. The van der Waals surface area contributed by atoms with Crippen molar-refractivity contribution < 1.29 is 14.6 Å². The van der Waals surface area contributed by atoms with Gasteiger partial charge in [0.05, 0.1) is 25.4 Å². The number of hydrogen-bond donors (Lipinski definition) is 1. The minimum absolute atomic E-state index is 0.0339. The molecule has 0 saturated carbocycles. The highest BCUT2D eigenvalue weighted by Gasteiger charge is 2.15. The van der Waals surface area contributed by atoms with Crippen molar-refractivity contribution in [3.05, 3.63) is 88.5 Å². The van der Waals surface area contributed by atoms with Gasteiger partial charge in [0.1, 0.15) is 18.4 Å². The number of aliphatic hydroxyl groups is 1. The fraction of sp³-hybridized carbons (Fsp3) is 0.276. The molecule has 0 aliphatic carbocycles. The Morgan fingerprint density at radius 1 is 1.03 bits per heavy atom. The van der Waals surface area contributed by atoms with Crippen LogP contribution in [0.4, 0.5) is 0 Å². The first kappa shape index (κ1) is 23.7. The molecule has 0 atom stereocenters. The molecule has 0 aromatic heterocycles. The van der Waals surface area contributed by atoms with Crippen molar-refractivity contribution in [2.75, 3.05) is 39.5 Å². The van der Waals surface area contributed by atoms with Crippen molar-refractivity contribution in [1.82, 2.24) is 4.90 Å². The molecule has 5 heteroatoms. The first-order valence-electron chi connectivity index (χ1n) is 11.6. The van der Waals surface area contributed by atoms with Crippen LogP contribution in [0.15, 0.2) is 60.7 Å². The van der Waals surface area contributed by atoms with Crippen molar-refractivity contribution >= 4 is 12.2 Å². The molecule has 4 rings (SSSR count). The molecule has 1 saturated heterocycles. The monoisotopic (exact) mass is 454 g/mol. The summed E-state index contributed by atoms with van der Waals surface area (Å²) >= 11 is 0. The molecule has 34 heavy (non-hydrogen) atoms. The molecule has 1 N–H and O–H groups in total. The van der Waals surface area contributed by atoms with Crippen molar-refractivity contribution in [2.45, 2.75) is 13.5 Å². The first-order valence-corrected chi connectivity index (χ1v) is 11.6. The lowest BCUT2D eigenvalue weighted by molar-refractivity contribution is 0.0337. The molecule has 5 nitrogen and oxygen atoms in total. The summed E-state index contributed by atoms with van der Waals surface area (Å²) in [4.78, 5) is 2.36. The van der Waals surface area contributed by atoms with Crippen LogP contribution in [0.2, 0.25) is 0 Å². The number of aliphatic hydroxyl groups excluding tert-OH is 1. The summed E-state index contributed by atoms with van der Waals surface area (Å²) in [5.74, 6) is 0.782. The zero-order valence-electron chi connectivity index (χ0n) is 19.5. The zero-order chi connectivity index (χ0) is 23.8. The molecule has 0 spiro atoms. The van der Waals surface area contributed by atoms with E-state index in [1.54, 1.807) is 0 Å². The van der Waals surface area contributed by atoms with Crippen molar-refractivity contribution in [3.63, 3.8) is 0 Å². The first-order chi connectivity index (χ1) is 16.7. The van der Waals surface area contributed by atoms with E-state index in [-0.39, 0.29) is 13.2 Å². The molecule has 1 heterocycles. The number of rotatable bonds is 8. The fourth-order valence-corrected chi connectivity index (χ4v) is 4.23. The largest absolute Gasteiger partial charge is 0.491 e. The van der Waals surface area contributed by atoms with E-state index < -0.39 is 0 Å². The lowest BCUT2D eigenvalue weighted by Crippen LogP contribution is -2.35. The number of ether oxygens (including phenoxy) is 2. The van der Waals surface area contributed by atoms with Crippen molar-refractivity contribution in [2.24, 2.45) is 0 Å². The molecule has 0 unspecified atom stereocenters. The molecule has 0 radical (unpaired) electrons. The summed E-state index contributed by atoms with van der Waals surface area (Å²) in [6, 6.07) is 22.5. The third-order valence-corrected chi connectivity index (χ3v) is 6.03. The molecular formula is C29H30N2O3. The molecule has 1 fully saturated rings. The summed E-state index contributed by atoms with van der Waals surface area (Å²) in [6.45, 7) is 6.37. The van der Waals surface area contributed by atoms with E-state index in [9.17, 15) is 10.4 Å². The molecule has 3 aromatic rings. The van der Waals surface area contributed by atoms with Crippen LogP contribution in [0, 0.1) is 18.3 Å². The maximum Gasteiger partial charge on any atom is 0.124 e. The van der Waals surface area contributed by atoms with Crippen LogP contribution in [0.5, 0.6) is 5.75 Å². The summed E-state index contributed by atoms with van der Waals surface area (Å²) < 4.78 is 11.4. The Kier molecular flexibility index (Phi) is 8.11. The smallest absolute Gasteiger partial charge is 0.124 e. The molecule has 174 valence electrons. The Morgan fingerprint density at radius 2 is 1.79 bits per heavy atom. The SMILES string of the molecule is Cc1cc(CN2CCOCC2)c(OCCO)cc1/C=C/c1cccc(-c2ccccc2)c1C#N. The van der Waals surface area contributed by atoms with Crippen LogP contribution < -0.4 is 4.74 Å². The Hall–Kier alpha value is -3.43. The van der Waals surface area contributed by atoms with Crippen LogP contribution in [0.3, 0.4) is 0 Å². The number of benzene rings is 3. The van der Waals surface area contributed by atoms with Gasteiger partial charge in [-0.15, -0.1) is 0 Å². The van der Waals surface area contributed by atoms with E-state index in [0.717, 1.165) is 72.0 Å². The van der Waals surface area contributed by atoms with Gasteiger partial charge in [-0.1, -0.05) is 66.7 Å². The van der Waals surface area contributed by atoms with Gasteiger partial charge in [-0.05, 0) is 35.2 Å². The number of hydrogen-bond acceptors (Lipinski definition) is 5. The molecule has 0 bridgehead atoms. The van der Waals surface area contributed by atoms with E-state index in [2.05, 4.69) is 24.0 Å². The highest BCUT2D eigenvalue weighted by Crippen LogP contribution is 2.29. The molecule has 1 aliphatic heterocycles. The van der Waals surface area contributed by atoms with Gasteiger partial charge in [0.25, 0.3) is 0 Å². The van der Waals surface area contributed by atoms with Crippen molar-refractivity contribution in [3.8, 4) is 22.9 Å². The van der Waals surface area contributed by atoms with Gasteiger partial charge in [-0.2, -0.15) is 5.26 Å². The fourth-order valence-electron chi connectivity index (χ4n) is 4.23. The van der Waals surface area contributed by atoms with E-state index in [4.69, 9.17) is 9.47 Å². The van der Waals surface area contributed by atoms with Crippen LogP contribution in [-0.4, -0.2) is 49.5 Å². The summed E-state index contributed by atoms with van der Waals surface area (Å²) in [7, 11) is 0. The quantitative estimate of drug-likeness (QED) is 0.490. The minimum atomic E-state index is -0.0339. The highest BCUT2D eigenvalue weighted by atomic mass is 16.5. The average molecular weight is 455 g/mol. The molecule has 3 aromatic carbocycles. The van der Waals surface area contributed by atoms with Gasteiger partial charge in [-0.25, -0.2) is 0 Å². The molecule has 1 aliphatic rings. The average Bonchev–Trinajstić information content (AvgIpc) is 2.88. The lowest BCUT2D eigenvalue weighted by atomic mass is 9.95. The summed E-state index contributed by atoms with van der Waals surface area (Å²) in [5.41, 5.74) is 6.74. The summed E-state index contributed by atoms with van der Waals surface area (Å²) in [5, 5.41) is 19.2. The maximum atomic E-state index is 9.90. The van der Waals surface area contributed by atoms with Gasteiger partial charge in [0.15, 0.2) is 0 Å². The predicted molar refractivity (Wildman–Crippen MR) is 135 cm³/mol. The number of nitrogens with zero attached hydrogens (tertiary/aromatic N) is 2. The number of nitriles is 1. The Labute approximate surface area is 201 Å². The van der Waals surface area contributed by atoms with Gasteiger partial charge < -0.3 is 14.6 Å². The van der Waals surface area contributed by atoms with Gasteiger partial charge >= 0.3 is 0 Å². The van der Waals surface area contributed by atoms with E-state index >= 15 is 0 Å². The van der Waals surface area contributed by atoms with E-state index in [1.807, 2.05) is 66.7 Å². The van der Waals surface area contributed by atoms with E-state index in [1.165, 1.54) is 0 Å². The Morgan fingerprint density at radius 3 is 2.53 bits per heavy atom. The van der Waals surface area contributed by atoms with Crippen LogP contribution >= 0.6 is 0 Å². The predicted octanol–water partition coefficient (Wildman–Crippen LogP) is 4.91. The Bertz CT molecular complexity index is 1180. The second-order valence-electron chi connectivity index (χ2n) is 8.36. The standard InChI is InChI=1S/C29H30N2O3/c1-22-18-26(21-31-12-15-33-16-13-31)29(34-17-14-32)19-25(22)11-10-24-8-5-9-27(28(24)20-30)23-6-3-2-4-7-23/h2-11,18-19,32H,12-17,21H2,1H3/b11-10+. The maximum absolute atomic E-state index is 9.90. The van der Waals surface area contributed by atoms with Crippen LogP contribution in [-0.2, 0) is 11.3 Å². The summed E-state index contributed by atoms with van der Waals surface area (Å²) in [6.07, 6.45) is 4.02. The minimum Gasteiger partial charge on any atom is -0.491 e. The van der Waals surface area contributed by atoms with E-state index in [0.29, 0.717) is 5.56 Å². The van der Waals surface area contributed by atoms with Gasteiger partial charge in [-0.3, -0.25) is 4.90 Å². The normalized spacial score (nSPS) is 14.3. The zero-order valence-corrected chi connectivity index (χ0v) is 19.5. The Balaban J connectivity index is 1.64. The van der Waals surface area contributed by atoms with Gasteiger partial charge in [0, 0.05) is 30.8 Å². The highest BCUT2D eigenvalue weighted by molar-refractivity contribution is 5.81. The topological polar surface area (TPSA) is 65.7 Å². The second-order valence-corrected chi connectivity index (χ2v) is 8.36. The molecule has 0 amide bonds. The number of aryl methyl sites for hydroxylation is 1. The lowest BCUT2D eigenvalue weighted by Gasteiger charge is -2.27.